The number of hydrogen-bond donors (Lipinski definition) is 1. The molecule has 5 nitrogen and oxygen atoms in total. The van der Waals surface area contributed by atoms with Gasteiger partial charge in [-0.3, -0.25) is 0 Å². The molecule has 0 radical (unpaired) electrons. The monoisotopic (exact) mass is 312 g/mol. The topological polar surface area (TPSA) is 64.8 Å². The van der Waals surface area contributed by atoms with Gasteiger partial charge in [0.2, 0.25) is 0 Å². The van der Waals surface area contributed by atoms with E-state index >= 15 is 0 Å². The molecule has 0 fully saturated rings. The van der Waals surface area contributed by atoms with E-state index in [0.29, 0.717) is 18.8 Å². The van der Waals surface area contributed by atoms with E-state index in [4.69, 9.17) is 15.2 Å². The number of nitrogens with two attached hydrogens (primary N) is 1. The Hall–Kier alpha value is -1.98. The van der Waals surface area contributed by atoms with Crippen LogP contribution in [0.1, 0.15) is 34.1 Å². The number of anilines is 1. The number of nitrogens with zero attached hydrogens (tertiary/aromatic N) is 1. The molecule has 0 spiro atoms. The zero-order chi connectivity index (χ0) is 16.8. The Morgan fingerprint density at radius 3 is 2.55 bits per heavy atom. The summed E-state index contributed by atoms with van der Waals surface area (Å²) in [4.78, 5) is 13.6. The number of benzene rings is 1. The van der Waals surface area contributed by atoms with Crippen molar-refractivity contribution in [3.63, 3.8) is 0 Å². The number of hydrogen-bond acceptors (Lipinski definition) is 4. The molecule has 0 heterocycles. The summed E-state index contributed by atoms with van der Waals surface area (Å²) in [5.74, 6) is -0.394. The van der Waals surface area contributed by atoms with Crippen LogP contribution in [0, 0.1) is 5.82 Å². The number of ether oxygens (including phenoxy) is 2. The van der Waals surface area contributed by atoms with Gasteiger partial charge < -0.3 is 20.1 Å². The number of carbonyl (C=O) groups is 1. The van der Waals surface area contributed by atoms with Crippen LogP contribution in [0.4, 0.5) is 14.9 Å². The van der Waals surface area contributed by atoms with E-state index in [1.807, 2.05) is 27.7 Å². The van der Waals surface area contributed by atoms with Gasteiger partial charge in [0.25, 0.3) is 0 Å². The van der Waals surface area contributed by atoms with Crippen LogP contribution in [0.25, 0.3) is 0 Å². The molecule has 1 rings (SSSR count). The maximum absolute atomic E-state index is 13.6. The van der Waals surface area contributed by atoms with E-state index in [1.54, 1.807) is 11.0 Å². The number of carbonyl (C=O) groups excluding carboxylic acids is 1. The van der Waals surface area contributed by atoms with Crippen LogP contribution in [0.5, 0.6) is 5.75 Å². The molecule has 0 aliphatic rings. The first-order chi connectivity index (χ1) is 10.2. The standard InChI is InChI=1S/C16H25FN2O3/c1-5-8-19(15(20)22-16(2,3)4)9-10-21-14-7-6-12(18)11-13(14)17/h6-7,11H,5,8-10,18H2,1-4H3. The highest BCUT2D eigenvalue weighted by Crippen LogP contribution is 2.19. The van der Waals surface area contributed by atoms with Gasteiger partial charge in [-0.2, -0.15) is 0 Å². The smallest absolute Gasteiger partial charge is 0.410 e. The van der Waals surface area contributed by atoms with Gasteiger partial charge in [0.1, 0.15) is 12.2 Å². The van der Waals surface area contributed by atoms with Crippen LogP contribution in [-0.2, 0) is 4.74 Å². The van der Waals surface area contributed by atoms with E-state index in [2.05, 4.69) is 0 Å². The Kier molecular flexibility index (Phi) is 6.46. The second kappa shape index (κ2) is 7.87. The average molecular weight is 312 g/mol. The third-order valence-electron chi connectivity index (χ3n) is 2.72. The second-order valence-electron chi connectivity index (χ2n) is 6.01. The van der Waals surface area contributed by atoms with Gasteiger partial charge in [0.05, 0.1) is 6.54 Å². The summed E-state index contributed by atoms with van der Waals surface area (Å²) in [5.41, 5.74) is 5.27. The van der Waals surface area contributed by atoms with Crippen LogP contribution in [0.15, 0.2) is 18.2 Å². The van der Waals surface area contributed by atoms with Crippen molar-refractivity contribution in [3.8, 4) is 5.75 Å². The fraction of sp³-hybridized carbons (Fsp3) is 0.562. The lowest BCUT2D eigenvalue weighted by molar-refractivity contribution is 0.0226. The first-order valence-electron chi connectivity index (χ1n) is 7.38. The largest absolute Gasteiger partial charge is 0.489 e. The molecule has 124 valence electrons. The van der Waals surface area contributed by atoms with E-state index in [-0.39, 0.29) is 12.4 Å². The molecule has 6 heteroatoms. The molecule has 0 saturated heterocycles. The molecule has 0 saturated carbocycles. The summed E-state index contributed by atoms with van der Waals surface area (Å²) in [7, 11) is 0. The molecule has 0 bridgehead atoms. The van der Waals surface area contributed by atoms with Gasteiger partial charge in [-0.1, -0.05) is 6.92 Å². The molecular formula is C16H25FN2O3. The SMILES string of the molecule is CCCN(CCOc1ccc(N)cc1F)C(=O)OC(C)(C)C. The number of amides is 1. The van der Waals surface area contributed by atoms with Crippen molar-refractivity contribution >= 4 is 11.8 Å². The maximum Gasteiger partial charge on any atom is 0.410 e. The quantitative estimate of drug-likeness (QED) is 0.817. The normalized spacial score (nSPS) is 11.1. The lowest BCUT2D eigenvalue weighted by Crippen LogP contribution is -2.39. The molecule has 0 aliphatic heterocycles. The highest BCUT2D eigenvalue weighted by atomic mass is 19.1. The summed E-state index contributed by atoms with van der Waals surface area (Å²) in [6.45, 7) is 8.48. The van der Waals surface area contributed by atoms with Crippen molar-refractivity contribution in [1.29, 1.82) is 0 Å². The van der Waals surface area contributed by atoms with Crippen molar-refractivity contribution < 1.29 is 18.7 Å². The van der Waals surface area contributed by atoms with Gasteiger partial charge in [0, 0.05) is 18.3 Å². The number of nitrogen functional groups attached to an aromatic ring is 1. The van der Waals surface area contributed by atoms with Crippen molar-refractivity contribution in [1.82, 2.24) is 4.90 Å². The second-order valence-corrected chi connectivity index (χ2v) is 6.01. The molecule has 2 N–H and O–H groups in total. The summed E-state index contributed by atoms with van der Waals surface area (Å²) < 4.78 is 24.3. The average Bonchev–Trinajstić information content (AvgIpc) is 2.38. The zero-order valence-corrected chi connectivity index (χ0v) is 13.7. The molecule has 0 unspecified atom stereocenters. The summed E-state index contributed by atoms with van der Waals surface area (Å²) in [5, 5.41) is 0. The fourth-order valence-corrected chi connectivity index (χ4v) is 1.79. The van der Waals surface area contributed by atoms with Gasteiger partial charge in [-0.05, 0) is 39.3 Å². The summed E-state index contributed by atoms with van der Waals surface area (Å²) >= 11 is 0. The minimum atomic E-state index is -0.549. The summed E-state index contributed by atoms with van der Waals surface area (Å²) in [6, 6.07) is 4.24. The van der Waals surface area contributed by atoms with Crippen LogP contribution < -0.4 is 10.5 Å². The van der Waals surface area contributed by atoms with E-state index in [9.17, 15) is 9.18 Å². The predicted molar refractivity (Wildman–Crippen MR) is 84.4 cm³/mol. The van der Waals surface area contributed by atoms with Gasteiger partial charge in [-0.15, -0.1) is 0 Å². The highest BCUT2D eigenvalue weighted by Gasteiger charge is 2.21. The third-order valence-corrected chi connectivity index (χ3v) is 2.72. The third kappa shape index (κ3) is 6.20. The van der Waals surface area contributed by atoms with Gasteiger partial charge in [0.15, 0.2) is 11.6 Å². The van der Waals surface area contributed by atoms with Crippen LogP contribution >= 0.6 is 0 Å². The van der Waals surface area contributed by atoms with Gasteiger partial charge in [-0.25, -0.2) is 9.18 Å². The Labute approximate surface area is 131 Å². The fourth-order valence-electron chi connectivity index (χ4n) is 1.79. The van der Waals surface area contributed by atoms with Crippen molar-refractivity contribution in [2.24, 2.45) is 0 Å². The van der Waals surface area contributed by atoms with Crippen molar-refractivity contribution in [2.75, 3.05) is 25.4 Å². The van der Waals surface area contributed by atoms with Crippen molar-refractivity contribution in [2.45, 2.75) is 39.7 Å². The van der Waals surface area contributed by atoms with E-state index < -0.39 is 17.5 Å². The number of rotatable bonds is 6. The summed E-state index contributed by atoms with van der Waals surface area (Å²) in [6.07, 6.45) is 0.408. The number of halogens is 1. The molecule has 22 heavy (non-hydrogen) atoms. The molecule has 0 aliphatic carbocycles. The van der Waals surface area contributed by atoms with E-state index in [1.165, 1.54) is 12.1 Å². The minimum absolute atomic E-state index is 0.120. The Morgan fingerprint density at radius 2 is 2.00 bits per heavy atom. The Bertz CT molecular complexity index is 501. The molecule has 1 amide bonds. The first kappa shape index (κ1) is 18.1. The van der Waals surface area contributed by atoms with Crippen LogP contribution in [0.2, 0.25) is 0 Å². The molecule has 0 aromatic heterocycles. The predicted octanol–water partition coefficient (Wildman–Crippen LogP) is 3.43. The van der Waals surface area contributed by atoms with Crippen molar-refractivity contribution in [3.05, 3.63) is 24.0 Å². The molecular weight excluding hydrogens is 287 g/mol. The van der Waals surface area contributed by atoms with Crippen LogP contribution in [0.3, 0.4) is 0 Å². The van der Waals surface area contributed by atoms with Crippen LogP contribution in [-0.4, -0.2) is 36.3 Å². The minimum Gasteiger partial charge on any atom is -0.489 e. The van der Waals surface area contributed by atoms with E-state index in [0.717, 1.165) is 6.42 Å². The lowest BCUT2D eigenvalue weighted by Gasteiger charge is -2.27. The Morgan fingerprint density at radius 1 is 1.32 bits per heavy atom. The molecule has 1 aromatic carbocycles. The highest BCUT2D eigenvalue weighted by molar-refractivity contribution is 5.68. The molecule has 1 aromatic rings. The lowest BCUT2D eigenvalue weighted by atomic mass is 10.2. The first-order valence-corrected chi connectivity index (χ1v) is 7.38. The van der Waals surface area contributed by atoms with Gasteiger partial charge >= 0.3 is 6.09 Å². The maximum atomic E-state index is 13.6. The zero-order valence-electron chi connectivity index (χ0n) is 13.7. The molecule has 0 atom stereocenters. The Balaban J connectivity index is 2.55.